The van der Waals surface area contributed by atoms with Crippen molar-refractivity contribution in [3.05, 3.63) is 28.3 Å². The zero-order valence-corrected chi connectivity index (χ0v) is 11.9. The van der Waals surface area contributed by atoms with Gasteiger partial charge in [0.2, 0.25) is 0 Å². The molecule has 0 atom stereocenters. The molecule has 0 spiro atoms. The predicted octanol–water partition coefficient (Wildman–Crippen LogP) is 2.36. The third-order valence-electron chi connectivity index (χ3n) is 2.31. The number of amides is 1. The Morgan fingerprint density at radius 2 is 2.05 bits per heavy atom. The molecule has 7 nitrogen and oxygen atoms in total. The zero-order valence-electron chi connectivity index (χ0n) is 11.9. The summed E-state index contributed by atoms with van der Waals surface area (Å²) >= 11 is 0. The summed E-state index contributed by atoms with van der Waals surface area (Å²) in [5.41, 5.74) is -0.574. The highest BCUT2D eigenvalue weighted by Gasteiger charge is 2.18. The Balaban J connectivity index is 2.81. The SMILES string of the molecule is COc1ccc(NC(=O)COC(C)(C)C)c([N+](=O)[O-])c1. The molecule has 0 bridgehead atoms. The number of nitro groups is 1. The van der Waals surface area contributed by atoms with Gasteiger partial charge in [0.15, 0.2) is 0 Å². The third kappa shape index (κ3) is 4.85. The molecule has 0 aromatic heterocycles. The summed E-state index contributed by atoms with van der Waals surface area (Å²) in [5, 5.41) is 13.4. The molecule has 1 amide bonds. The maximum Gasteiger partial charge on any atom is 0.296 e. The average Bonchev–Trinajstić information content (AvgIpc) is 2.35. The first kappa shape index (κ1) is 15.9. The lowest BCUT2D eigenvalue weighted by molar-refractivity contribution is -0.384. The second kappa shape index (κ2) is 6.33. The van der Waals surface area contributed by atoms with Crippen LogP contribution >= 0.6 is 0 Å². The number of methoxy groups -OCH3 is 1. The summed E-state index contributed by atoms with van der Waals surface area (Å²) in [4.78, 5) is 22.1. The molecule has 7 heteroatoms. The lowest BCUT2D eigenvalue weighted by atomic mass is 10.2. The lowest BCUT2D eigenvalue weighted by Gasteiger charge is -2.19. The Morgan fingerprint density at radius 1 is 1.40 bits per heavy atom. The molecule has 0 aliphatic rings. The maximum absolute atomic E-state index is 11.7. The van der Waals surface area contributed by atoms with Gasteiger partial charge in [-0.25, -0.2) is 0 Å². The van der Waals surface area contributed by atoms with Crippen LogP contribution in [0.3, 0.4) is 0 Å². The molecule has 110 valence electrons. The predicted molar refractivity (Wildman–Crippen MR) is 74.0 cm³/mol. The van der Waals surface area contributed by atoms with E-state index in [1.807, 2.05) is 20.8 Å². The fourth-order valence-electron chi connectivity index (χ4n) is 1.36. The van der Waals surface area contributed by atoms with Gasteiger partial charge in [-0.05, 0) is 32.9 Å². The minimum atomic E-state index is -0.581. The van der Waals surface area contributed by atoms with Crippen molar-refractivity contribution in [2.24, 2.45) is 0 Å². The molecule has 0 aliphatic heterocycles. The summed E-state index contributed by atoms with van der Waals surface area (Å²) in [5.74, 6) is -0.103. The normalized spacial score (nSPS) is 11.0. The zero-order chi connectivity index (χ0) is 15.3. The Labute approximate surface area is 117 Å². The van der Waals surface area contributed by atoms with Gasteiger partial charge in [0.25, 0.3) is 11.6 Å². The molecule has 1 aromatic rings. The van der Waals surface area contributed by atoms with Crippen LogP contribution in [0, 0.1) is 10.1 Å². The number of ether oxygens (including phenoxy) is 2. The molecule has 0 saturated carbocycles. The molecule has 0 aliphatic carbocycles. The van der Waals surface area contributed by atoms with Gasteiger partial charge in [-0.15, -0.1) is 0 Å². The first-order valence-electron chi connectivity index (χ1n) is 5.99. The Morgan fingerprint density at radius 3 is 2.55 bits per heavy atom. The van der Waals surface area contributed by atoms with Crippen molar-refractivity contribution in [3.63, 3.8) is 0 Å². The van der Waals surface area contributed by atoms with Crippen molar-refractivity contribution in [1.82, 2.24) is 0 Å². The highest BCUT2D eigenvalue weighted by atomic mass is 16.6. The largest absolute Gasteiger partial charge is 0.496 e. The van der Waals surface area contributed by atoms with Gasteiger partial charge < -0.3 is 14.8 Å². The fourth-order valence-corrected chi connectivity index (χ4v) is 1.36. The smallest absolute Gasteiger partial charge is 0.296 e. The first-order chi connectivity index (χ1) is 9.23. The number of nitrogens with one attached hydrogen (secondary N) is 1. The van der Waals surface area contributed by atoms with Crippen LogP contribution < -0.4 is 10.1 Å². The average molecular weight is 282 g/mol. The highest BCUT2D eigenvalue weighted by Crippen LogP contribution is 2.28. The van der Waals surface area contributed by atoms with Crippen molar-refractivity contribution in [2.75, 3.05) is 19.0 Å². The number of nitrogens with zero attached hydrogens (tertiary/aromatic N) is 1. The van der Waals surface area contributed by atoms with Gasteiger partial charge in [0, 0.05) is 0 Å². The second-order valence-corrected chi connectivity index (χ2v) is 5.09. The molecule has 20 heavy (non-hydrogen) atoms. The number of carbonyl (C=O) groups is 1. The van der Waals surface area contributed by atoms with Crippen molar-refractivity contribution in [3.8, 4) is 5.75 Å². The van der Waals surface area contributed by atoms with E-state index in [0.29, 0.717) is 5.75 Å². The fraction of sp³-hybridized carbons (Fsp3) is 0.462. The van der Waals surface area contributed by atoms with E-state index >= 15 is 0 Å². The molecule has 0 unspecified atom stereocenters. The van der Waals surface area contributed by atoms with Gasteiger partial charge in [-0.2, -0.15) is 0 Å². The summed E-state index contributed by atoms with van der Waals surface area (Å²) in [6.45, 7) is 5.27. The van der Waals surface area contributed by atoms with Gasteiger partial charge in [-0.3, -0.25) is 14.9 Å². The number of benzene rings is 1. The number of hydrogen-bond acceptors (Lipinski definition) is 5. The van der Waals surface area contributed by atoms with E-state index in [1.165, 1.54) is 25.3 Å². The molecule has 1 aromatic carbocycles. The van der Waals surface area contributed by atoms with Crippen LogP contribution in [-0.4, -0.2) is 30.1 Å². The summed E-state index contributed by atoms with van der Waals surface area (Å²) in [6.07, 6.45) is 0. The van der Waals surface area contributed by atoms with Crippen LogP contribution in [-0.2, 0) is 9.53 Å². The summed E-state index contributed by atoms with van der Waals surface area (Å²) < 4.78 is 10.2. The number of nitro benzene ring substituents is 1. The lowest BCUT2D eigenvalue weighted by Crippen LogP contribution is -2.27. The van der Waals surface area contributed by atoms with E-state index in [0.717, 1.165) is 0 Å². The number of hydrogen-bond donors (Lipinski definition) is 1. The Kier molecular flexibility index (Phi) is 5.04. The number of carbonyl (C=O) groups excluding carboxylic acids is 1. The molecule has 1 rings (SSSR count). The van der Waals surface area contributed by atoms with E-state index in [1.54, 1.807) is 0 Å². The van der Waals surface area contributed by atoms with E-state index in [9.17, 15) is 14.9 Å². The molecular formula is C13H18N2O5. The van der Waals surface area contributed by atoms with Crippen molar-refractivity contribution >= 4 is 17.3 Å². The maximum atomic E-state index is 11.7. The van der Waals surface area contributed by atoms with Crippen LogP contribution in [0.2, 0.25) is 0 Å². The molecule has 0 radical (unpaired) electrons. The quantitative estimate of drug-likeness (QED) is 0.661. The second-order valence-electron chi connectivity index (χ2n) is 5.09. The number of anilines is 1. The summed E-state index contributed by atoms with van der Waals surface area (Å²) in [6, 6.07) is 4.21. The van der Waals surface area contributed by atoms with E-state index < -0.39 is 16.4 Å². The Bertz CT molecular complexity index is 508. The standard InChI is InChI=1S/C13H18N2O5/c1-13(2,3)20-8-12(16)14-10-6-5-9(19-4)7-11(10)15(17)18/h5-7H,8H2,1-4H3,(H,14,16). The van der Waals surface area contributed by atoms with Gasteiger partial charge in [0.1, 0.15) is 18.0 Å². The van der Waals surface area contributed by atoms with Crippen molar-refractivity contribution in [2.45, 2.75) is 26.4 Å². The van der Waals surface area contributed by atoms with Crippen LogP contribution in [0.25, 0.3) is 0 Å². The monoisotopic (exact) mass is 282 g/mol. The van der Waals surface area contributed by atoms with Gasteiger partial charge in [0.05, 0.1) is 23.7 Å². The molecule has 1 N–H and O–H groups in total. The van der Waals surface area contributed by atoms with Crippen molar-refractivity contribution in [1.29, 1.82) is 0 Å². The third-order valence-corrected chi connectivity index (χ3v) is 2.31. The van der Waals surface area contributed by atoms with Gasteiger partial charge >= 0.3 is 0 Å². The van der Waals surface area contributed by atoms with Gasteiger partial charge in [-0.1, -0.05) is 0 Å². The minimum absolute atomic E-state index is 0.110. The van der Waals surface area contributed by atoms with E-state index in [4.69, 9.17) is 9.47 Å². The Hall–Kier alpha value is -2.15. The van der Waals surface area contributed by atoms with E-state index in [-0.39, 0.29) is 18.0 Å². The minimum Gasteiger partial charge on any atom is -0.496 e. The van der Waals surface area contributed by atoms with Crippen LogP contribution in [0.1, 0.15) is 20.8 Å². The first-order valence-corrected chi connectivity index (χ1v) is 5.99. The van der Waals surface area contributed by atoms with Crippen molar-refractivity contribution < 1.29 is 19.2 Å². The molecule has 0 fully saturated rings. The van der Waals surface area contributed by atoms with Crippen LogP contribution in [0.5, 0.6) is 5.75 Å². The van der Waals surface area contributed by atoms with Crippen LogP contribution in [0.15, 0.2) is 18.2 Å². The molecule has 0 heterocycles. The number of rotatable bonds is 5. The van der Waals surface area contributed by atoms with E-state index in [2.05, 4.69) is 5.32 Å². The topological polar surface area (TPSA) is 90.7 Å². The molecule has 0 saturated heterocycles. The highest BCUT2D eigenvalue weighted by molar-refractivity contribution is 5.94. The van der Waals surface area contributed by atoms with Crippen LogP contribution in [0.4, 0.5) is 11.4 Å². The molecular weight excluding hydrogens is 264 g/mol. The summed E-state index contributed by atoms with van der Waals surface area (Å²) in [7, 11) is 1.41.